The molecule has 7 nitrogen and oxygen atoms in total. The zero-order valence-electron chi connectivity index (χ0n) is 20.5. The number of aromatic nitrogens is 2. The van der Waals surface area contributed by atoms with Gasteiger partial charge in [-0.3, -0.25) is 9.20 Å². The fourth-order valence-electron chi connectivity index (χ4n) is 5.35. The Balaban J connectivity index is 1.30. The number of thiazole rings is 1. The van der Waals surface area contributed by atoms with Crippen LogP contribution < -0.4 is 15.4 Å². The standard InChI is InChI=1S/C27H30FN5O2S/c1-32-9-6-18(7-10-32)30-26(34)20-12-25-23(13-24(20)35-2)33-15-22(31-27(33)36-25)19-4-3-16(11-21(19)28)17-5-8-29-14-17/h3-4,11-13,15,17-18,29H,5-10,14H2,1-2H3,(H,30,34). The average molecular weight is 508 g/mol. The molecule has 6 rings (SSSR count). The van der Waals surface area contributed by atoms with E-state index in [1.807, 2.05) is 34.9 Å². The molecule has 1 amide bonds. The van der Waals surface area contributed by atoms with E-state index in [4.69, 9.17) is 9.72 Å². The van der Waals surface area contributed by atoms with Gasteiger partial charge in [-0.25, -0.2) is 9.37 Å². The number of ether oxygens (including phenoxy) is 1. The lowest BCUT2D eigenvalue weighted by Gasteiger charge is -2.29. The molecule has 0 bridgehead atoms. The van der Waals surface area contributed by atoms with Crippen molar-refractivity contribution in [2.24, 2.45) is 0 Å². The minimum Gasteiger partial charge on any atom is -0.496 e. The number of halogens is 1. The number of methoxy groups -OCH3 is 1. The second-order valence-electron chi connectivity index (χ2n) is 9.88. The van der Waals surface area contributed by atoms with Gasteiger partial charge in [-0.15, -0.1) is 0 Å². The first kappa shape index (κ1) is 23.4. The lowest BCUT2D eigenvalue weighted by atomic mass is 9.96. The largest absolute Gasteiger partial charge is 0.496 e. The summed E-state index contributed by atoms with van der Waals surface area (Å²) in [6, 6.07) is 9.42. The summed E-state index contributed by atoms with van der Waals surface area (Å²) in [5.41, 5.74) is 3.53. The van der Waals surface area contributed by atoms with Gasteiger partial charge in [-0.1, -0.05) is 17.4 Å². The molecule has 2 aromatic heterocycles. The van der Waals surface area contributed by atoms with E-state index in [0.717, 1.165) is 66.2 Å². The molecule has 2 N–H and O–H groups in total. The van der Waals surface area contributed by atoms with Gasteiger partial charge in [0, 0.05) is 30.4 Å². The number of rotatable bonds is 5. The summed E-state index contributed by atoms with van der Waals surface area (Å²) in [4.78, 5) is 20.8. The first-order valence-corrected chi connectivity index (χ1v) is 13.3. The molecule has 36 heavy (non-hydrogen) atoms. The Morgan fingerprint density at radius 2 is 2.06 bits per heavy atom. The van der Waals surface area contributed by atoms with Crippen LogP contribution in [0.3, 0.4) is 0 Å². The summed E-state index contributed by atoms with van der Waals surface area (Å²) in [6.45, 7) is 3.83. The molecule has 1 unspecified atom stereocenters. The quantitative estimate of drug-likeness (QED) is 0.422. The average Bonchev–Trinajstić information content (AvgIpc) is 3.61. The molecular formula is C27H30FN5O2S. The van der Waals surface area contributed by atoms with Gasteiger partial charge in [0.25, 0.3) is 5.91 Å². The zero-order chi connectivity index (χ0) is 24.8. The van der Waals surface area contributed by atoms with Crippen LogP contribution in [0.15, 0.2) is 36.5 Å². The highest BCUT2D eigenvalue weighted by atomic mass is 32.1. The molecule has 0 spiro atoms. The van der Waals surface area contributed by atoms with Crippen LogP contribution >= 0.6 is 11.3 Å². The maximum Gasteiger partial charge on any atom is 0.255 e. The summed E-state index contributed by atoms with van der Waals surface area (Å²) in [5, 5.41) is 6.51. The Hall–Kier alpha value is -3.01. The van der Waals surface area contributed by atoms with Crippen LogP contribution in [0.5, 0.6) is 5.75 Å². The molecule has 2 saturated heterocycles. The maximum atomic E-state index is 15.1. The zero-order valence-corrected chi connectivity index (χ0v) is 21.3. The highest BCUT2D eigenvalue weighted by molar-refractivity contribution is 7.23. The predicted octanol–water partition coefficient (Wildman–Crippen LogP) is 4.26. The fraction of sp³-hybridized carbons (Fsp3) is 0.407. The van der Waals surface area contributed by atoms with Gasteiger partial charge in [-0.2, -0.15) is 0 Å². The molecule has 2 fully saturated rings. The Morgan fingerprint density at radius 3 is 2.78 bits per heavy atom. The highest BCUT2D eigenvalue weighted by Gasteiger charge is 2.23. The molecule has 188 valence electrons. The minimum atomic E-state index is -0.250. The van der Waals surface area contributed by atoms with Crippen molar-refractivity contribution < 1.29 is 13.9 Å². The number of amides is 1. The molecule has 4 aromatic rings. The third-order valence-electron chi connectivity index (χ3n) is 7.51. The second kappa shape index (κ2) is 9.46. The van der Waals surface area contributed by atoms with Crippen molar-refractivity contribution in [1.29, 1.82) is 0 Å². The number of nitrogens with zero attached hydrogens (tertiary/aromatic N) is 3. The maximum absolute atomic E-state index is 15.1. The van der Waals surface area contributed by atoms with Gasteiger partial charge in [0.15, 0.2) is 4.96 Å². The summed E-state index contributed by atoms with van der Waals surface area (Å²) in [5.74, 6) is 0.513. The van der Waals surface area contributed by atoms with Crippen LogP contribution in [0.2, 0.25) is 0 Å². The summed E-state index contributed by atoms with van der Waals surface area (Å²) in [6.07, 6.45) is 4.78. The number of fused-ring (bicyclic) bond motifs is 3. The van der Waals surface area contributed by atoms with Crippen molar-refractivity contribution in [1.82, 2.24) is 24.9 Å². The van der Waals surface area contributed by atoms with E-state index in [2.05, 4.69) is 22.6 Å². The second-order valence-corrected chi connectivity index (χ2v) is 10.9. The number of imidazole rings is 1. The molecule has 0 radical (unpaired) electrons. The van der Waals surface area contributed by atoms with Crippen molar-refractivity contribution in [3.8, 4) is 17.0 Å². The molecule has 2 aromatic carbocycles. The lowest BCUT2D eigenvalue weighted by Crippen LogP contribution is -2.43. The molecule has 0 aliphatic carbocycles. The van der Waals surface area contributed by atoms with E-state index < -0.39 is 0 Å². The topological polar surface area (TPSA) is 70.9 Å². The number of hydrogen-bond acceptors (Lipinski definition) is 6. The Morgan fingerprint density at radius 1 is 1.22 bits per heavy atom. The van der Waals surface area contributed by atoms with E-state index in [-0.39, 0.29) is 17.8 Å². The number of nitrogens with one attached hydrogen (secondary N) is 2. The van der Waals surface area contributed by atoms with Crippen LogP contribution in [0.25, 0.3) is 26.4 Å². The van der Waals surface area contributed by atoms with Crippen molar-refractivity contribution in [2.45, 2.75) is 31.2 Å². The van der Waals surface area contributed by atoms with E-state index in [1.165, 1.54) is 11.3 Å². The Kier molecular flexibility index (Phi) is 6.15. The van der Waals surface area contributed by atoms with Crippen LogP contribution in [0.4, 0.5) is 4.39 Å². The summed E-state index contributed by atoms with van der Waals surface area (Å²) in [7, 11) is 3.68. The van der Waals surface area contributed by atoms with Gasteiger partial charge < -0.3 is 20.3 Å². The van der Waals surface area contributed by atoms with E-state index in [9.17, 15) is 4.79 Å². The van der Waals surface area contributed by atoms with Crippen molar-refractivity contribution in [2.75, 3.05) is 40.3 Å². The predicted molar refractivity (Wildman–Crippen MR) is 141 cm³/mol. The number of likely N-dealkylation sites (tertiary alicyclic amines) is 1. The third kappa shape index (κ3) is 4.25. The SMILES string of the molecule is COc1cc2c(cc1C(=O)NC1CCN(C)CC1)sc1nc(-c3ccc(C4CCNC4)cc3F)cn12. The lowest BCUT2D eigenvalue weighted by molar-refractivity contribution is 0.0914. The van der Waals surface area contributed by atoms with Gasteiger partial charge in [0.05, 0.1) is 28.6 Å². The number of hydrogen-bond donors (Lipinski definition) is 2. The number of carbonyl (C=O) groups excluding carboxylic acids is 1. The van der Waals surface area contributed by atoms with Gasteiger partial charge >= 0.3 is 0 Å². The number of piperidine rings is 1. The third-order valence-corrected chi connectivity index (χ3v) is 8.53. The Labute approximate surface area is 213 Å². The highest BCUT2D eigenvalue weighted by Crippen LogP contribution is 2.35. The minimum absolute atomic E-state index is 0.116. The van der Waals surface area contributed by atoms with Gasteiger partial charge in [0.1, 0.15) is 11.6 Å². The van der Waals surface area contributed by atoms with Crippen molar-refractivity contribution in [3.05, 3.63) is 53.5 Å². The van der Waals surface area contributed by atoms with Crippen LogP contribution in [0, 0.1) is 5.82 Å². The molecule has 2 aliphatic heterocycles. The molecule has 4 heterocycles. The number of benzene rings is 2. The first-order chi connectivity index (χ1) is 17.5. The molecular weight excluding hydrogens is 477 g/mol. The Bertz CT molecular complexity index is 1430. The smallest absolute Gasteiger partial charge is 0.255 e. The van der Waals surface area contributed by atoms with E-state index >= 15 is 4.39 Å². The first-order valence-electron chi connectivity index (χ1n) is 12.5. The molecule has 1 atom stereocenters. The van der Waals surface area contributed by atoms with Gasteiger partial charge in [0.2, 0.25) is 0 Å². The van der Waals surface area contributed by atoms with E-state index in [1.54, 1.807) is 13.2 Å². The summed E-state index contributed by atoms with van der Waals surface area (Å²) >= 11 is 1.48. The number of carbonyl (C=O) groups is 1. The van der Waals surface area contributed by atoms with Crippen LogP contribution in [-0.2, 0) is 0 Å². The summed E-state index contributed by atoms with van der Waals surface area (Å²) < 4.78 is 23.6. The normalized spacial score (nSPS) is 19.4. The fourth-order valence-corrected chi connectivity index (χ4v) is 6.38. The monoisotopic (exact) mass is 507 g/mol. The van der Waals surface area contributed by atoms with Gasteiger partial charge in [-0.05, 0) is 75.6 Å². The van der Waals surface area contributed by atoms with Crippen LogP contribution in [-0.4, -0.2) is 66.6 Å². The molecule has 0 saturated carbocycles. The van der Waals surface area contributed by atoms with E-state index in [0.29, 0.717) is 28.5 Å². The molecule has 9 heteroatoms. The van der Waals surface area contributed by atoms with Crippen molar-refractivity contribution in [3.63, 3.8) is 0 Å². The van der Waals surface area contributed by atoms with Crippen LogP contribution in [0.1, 0.15) is 41.1 Å². The molecule has 2 aliphatic rings. The van der Waals surface area contributed by atoms with Crippen molar-refractivity contribution >= 4 is 32.4 Å².